The van der Waals surface area contributed by atoms with Gasteiger partial charge in [0.1, 0.15) is 24.0 Å². The van der Waals surface area contributed by atoms with Crippen LogP contribution in [0.25, 0.3) is 6.08 Å². The van der Waals surface area contributed by atoms with Crippen LogP contribution in [0.4, 0.5) is 5.69 Å². The molecule has 0 atom stereocenters. The van der Waals surface area contributed by atoms with Crippen LogP contribution in [0.2, 0.25) is 5.02 Å². The second-order valence-electron chi connectivity index (χ2n) is 4.91. The normalized spacial score (nSPS) is 10.6. The molecule has 0 unspecified atom stereocenters. The van der Waals surface area contributed by atoms with Gasteiger partial charge in [0, 0.05) is 0 Å². The van der Waals surface area contributed by atoms with Gasteiger partial charge in [-0.25, -0.2) is 0 Å². The van der Waals surface area contributed by atoms with Crippen LogP contribution in [0.3, 0.4) is 0 Å². The smallest absolute Gasteiger partial charge is 0.266 e. The van der Waals surface area contributed by atoms with Crippen molar-refractivity contribution < 1.29 is 9.53 Å². The van der Waals surface area contributed by atoms with Crippen LogP contribution in [0.1, 0.15) is 5.56 Å². The summed E-state index contributed by atoms with van der Waals surface area (Å²) in [5.74, 6) is 2.57. The number of terminal acetylenes is 1. The van der Waals surface area contributed by atoms with E-state index in [1.165, 1.54) is 6.08 Å². The van der Waals surface area contributed by atoms with Crippen LogP contribution in [0.5, 0.6) is 5.75 Å². The van der Waals surface area contributed by atoms with E-state index in [2.05, 4.69) is 56.4 Å². The lowest BCUT2D eigenvalue weighted by Gasteiger charge is -2.10. The average molecular weight is 589 g/mol. The third-order valence-electron chi connectivity index (χ3n) is 3.12. The minimum atomic E-state index is -0.529. The van der Waals surface area contributed by atoms with Crippen LogP contribution in [-0.2, 0) is 4.79 Å². The number of nitrogens with zero attached hydrogens (tertiary/aromatic N) is 1. The number of benzene rings is 2. The van der Waals surface area contributed by atoms with E-state index in [9.17, 15) is 10.1 Å². The predicted octanol–water partition coefficient (Wildman–Crippen LogP) is 5.11. The summed E-state index contributed by atoms with van der Waals surface area (Å²) < 4.78 is 7.18. The number of nitrogens with one attached hydrogen (secondary N) is 1. The van der Waals surface area contributed by atoms with Crippen molar-refractivity contribution in [3.05, 3.63) is 59.7 Å². The van der Waals surface area contributed by atoms with E-state index in [1.807, 2.05) is 18.2 Å². The van der Waals surface area contributed by atoms with Crippen molar-refractivity contribution in [3.8, 4) is 24.2 Å². The molecule has 130 valence electrons. The highest BCUT2D eigenvalue weighted by molar-refractivity contribution is 14.1. The maximum atomic E-state index is 12.4. The Kier molecular flexibility index (Phi) is 7.76. The number of hydrogen-bond acceptors (Lipinski definition) is 3. The second-order valence-corrected chi connectivity index (χ2v) is 7.64. The molecule has 2 rings (SSSR count). The molecule has 0 saturated heterocycles. The summed E-state index contributed by atoms with van der Waals surface area (Å²) in [5.41, 5.74) is 1.12. The summed E-state index contributed by atoms with van der Waals surface area (Å²) in [7, 11) is 0. The predicted molar refractivity (Wildman–Crippen MR) is 120 cm³/mol. The Hall–Kier alpha value is -1.75. The molecule has 7 heteroatoms. The van der Waals surface area contributed by atoms with Crippen molar-refractivity contribution in [1.82, 2.24) is 0 Å². The fourth-order valence-electron chi connectivity index (χ4n) is 1.98. The molecule has 1 amide bonds. The van der Waals surface area contributed by atoms with Gasteiger partial charge in [-0.05, 0) is 81.1 Å². The Bertz CT molecular complexity index is 936. The number of hydrogen-bond donors (Lipinski definition) is 1. The first-order chi connectivity index (χ1) is 12.5. The van der Waals surface area contributed by atoms with Crippen molar-refractivity contribution in [2.45, 2.75) is 0 Å². The summed E-state index contributed by atoms with van der Waals surface area (Å²) in [4.78, 5) is 12.4. The molecular formula is C19H11ClI2N2O2. The van der Waals surface area contributed by atoms with Gasteiger partial charge >= 0.3 is 0 Å². The quantitative estimate of drug-likeness (QED) is 0.229. The molecule has 2 aromatic rings. The molecule has 0 aromatic heterocycles. The zero-order valence-corrected chi connectivity index (χ0v) is 18.3. The van der Waals surface area contributed by atoms with E-state index in [4.69, 9.17) is 22.8 Å². The van der Waals surface area contributed by atoms with E-state index in [0.29, 0.717) is 22.0 Å². The SMILES string of the molecule is C#CCOc1c(I)cc(/C=C(\C#N)C(=O)Nc2ccccc2Cl)cc1I. The molecule has 0 aliphatic heterocycles. The molecule has 0 bridgehead atoms. The highest BCUT2D eigenvalue weighted by Gasteiger charge is 2.13. The average Bonchev–Trinajstić information content (AvgIpc) is 2.61. The van der Waals surface area contributed by atoms with Crippen LogP contribution in [-0.4, -0.2) is 12.5 Å². The van der Waals surface area contributed by atoms with Gasteiger partial charge < -0.3 is 10.1 Å². The van der Waals surface area contributed by atoms with Gasteiger partial charge in [-0.3, -0.25) is 4.79 Å². The first-order valence-corrected chi connectivity index (χ1v) is 9.72. The van der Waals surface area contributed by atoms with Gasteiger partial charge in [0.15, 0.2) is 0 Å². The number of anilines is 1. The van der Waals surface area contributed by atoms with E-state index < -0.39 is 5.91 Å². The Labute approximate surface area is 183 Å². The number of carbonyl (C=O) groups excluding carboxylic acids is 1. The molecule has 0 aliphatic carbocycles. The summed E-state index contributed by atoms with van der Waals surface area (Å²) in [6, 6.07) is 12.4. The molecule has 2 aromatic carbocycles. The minimum Gasteiger partial charge on any atom is -0.479 e. The lowest BCUT2D eigenvalue weighted by atomic mass is 10.1. The van der Waals surface area contributed by atoms with E-state index in [1.54, 1.807) is 24.3 Å². The third kappa shape index (κ3) is 5.37. The van der Waals surface area contributed by atoms with Gasteiger partial charge in [-0.1, -0.05) is 29.7 Å². The maximum Gasteiger partial charge on any atom is 0.266 e. The van der Waals surface area contributed by atoms with Crippen LogP contribution < -0.4 is 10.1 Å². The summed E-state index contributed by atoms with van der Waals surface area (Å²) in [6.45, 7) is 0.172. The van der Waals surface area contributed by atoms with Crippen molar-refractivity contribution in [2.75, 3.05) is 11.9 Å². The van der Waals surface area contributed by atoms with Gasteiger partial charge in [0.2, 0.25) is 0 Å². The first-order valence-electron chi connectivity index (χ1n) is 7.19. The Morgan fingerprint density at radius 1 is 1.31 bits per heavy atom. The number of para-hydroxylation sites is 1. The Balaban J connectivity index is 2.28. The monoisotopic (exact) mass is 588 g/mol. The lowest BCUT2D eigenvalue weighted by molar-refractivity contribution is -0.112. The molecule has 0 heterocycles. The van der Waals surface area contributed by atoms with Crippen molar-refractivity contribution in [3.63, 3.8) is 0 Å². The summed E-state index contributed by atoms with van der Waals surface area (Å²) in [5, 5.41) is 12.4. The van der Waals surface area contributed by atoms with Gasteiger partial charge in [-0.15, -0.1) is 6.42 Å². The van der Waals surface area contributed by atoms with E-state index in [-0.39, 0.29) is 12.2 Å². The Morgan fingerprint density at radius 2 is 1.96 bits per heavy atom. The summed E-state index contributed by atoms with van der Waals surface area (Å²) >= 11 is 10.3. The molecule has 1 N–H and O–H groups in total. The molecule has 4 nitrogen and oxygen atoms in total. The van der Waals surface area contributed by atoms with E-state index >= 15 is 0 Å². The molecule has 0 saturated carbocycles. The molecule has 0 aliphatic rings. The number of ether oxygens (including phenoxy) is 1. The number of amides is 1. The largest absolute Gasteiger partial charge is 0.479 e. The Morgan fingerprint density at radius 3 is 2.54 bits per heavy atom. The van der Waals surface area contributed by atoms with Crippen LogP contribution in [0, 0.1) is 30.8 Å². The zero-order valence-electron chi connectivity index (χ0n) is 13.2. The summed E-state index contributed by atoms with van der Waals surface area (Å²) in [6.07, 6.45) is 6.73. The lowest BCUT2D eigenvalue weighted by Crippen LogP contribution is -2.13. The van der Waals surface area contributed by atoms with Crippen molar-refractivity contribution in [1.29, 1.82) is 5.26 Å². The molecule has 0 radical (unpaired) electrons. The van der Waals surface area contributed by atoms with Gasteiger partial charge in [0.25, 0.3) is 5.91 Å². The zero-order chi connectivity index (χ0) is 19.1. The number of nitriles is 1. The number of rotatable bonds is 5. The highest BCUT2D eigenvalue weighted by atomic mass is 127. The molecular weight excluding hydrogens is 577 g/mol. The van der Waals surface area contributed by atoms with Crippen molar-refractivity contribution >= 4 is 74.5 Å². The van der Waals surface area contributed by atoms with Gasteiger partial charge in [0.05, 0.1) is 17.9 Å². The number of carbonyl (C=O) groups is 1. The highest BCUT2D eigenvalue weighted by Crippen LogP contribution is 2.30. The second kappa shape index (κ2) is 9.81. The molecule has 26 heavy (non-hydrogen) atoms. The fraction of sp³-hybridized carbons (Fsp3) is 0.0526. The molecule has 0 fully saturated rings. The van der Waals surface area contributed by atoms with Crippen LogP contribution >= 0.6 is 56.8 Å². The fourth-order valence-corrected chi connectivity index (χ4v) is 4.29. The van der Waals surface area contributed by atoms with Crippen molar-refractivity contribution in [2.24, 2.45) is 0 Å². The first kappa shape index (κ1) is 20.6. The standard InChI is InChI=1S/C19H11ClI2N2O2/c1-2-7-26-18-15(21)9-12(10-16(18)22)8-13(11-23)19(25)24-17-6-4-3-5-14(17)20/h1,3-6,8-10H,7H2,(H,24,25)/b13-8+. The van der Waals surface area contributed by atoms with Crippen LogP contribution in [0.15, 0.2) is 42.0 Å². The third-order valence-corrected chi connectivity index (χ3v) is 5.05. The minimum absolute atomic E-state index is 0.0335. The molecule has 0 spiro atoms. The maximum absolute atomic E-state index is 12.4. The number of halogens is 3. The van der Waals surface area contributed by atoms with Gasteiger partial charge in [-0.2, -0.15) is 5.26 Å². The van der Waals surface area contributed by atoms with E-state index in [0.717, 1.165) is 7.14 Å². The topological polar surface area (TPSA) is 62.1 Å².